The van der Waals surface area contributed by atoms with E-state index in [1.165, 1.54) is 21.7 Å². The van der Waals surface area contributed by atoms with Gasteiger partial charge in [0.1, 0.15) is 11.2 Å². The zero-order chi connectivity index (χ0) is 38.6. The minimum atomic E-state index is 0.612. The summed E-state index contributed by atoms with van der Waals surface area (Å²) >= 11 is 0. The second-order valence-corrected chi connectivity index (χ2v) is 15.3. The normalized spacial score (nSPS) is 12.1. The van der Waals surface area contributed by atoms with Gasteiger partial charge in [-0.25, -0.2) is 9.97 Å². The molecule has 0 aliphatic rings. The average Bonchev–Trinajstić information content (AvgIpc) is 3.96. The van der Waals surface area contributed by atoms with Crippen molar-refractivity contribution in [2.75, 3.05) is 0 Å². The van der Waals surface area contributed by atoms with E-state index in [1.54, 1.807) is 0 Å². The highest BCUT2D eigenvalue weighted by Crippen LogP contribution is 2.46. The first-order valence-corrected chi connectivity index (χ1v) is 20.0. The molecule has 0 aliphatic heterocycles. The van der Waals surface area contributed by atoms with Crippen LogP contribution in [-0.4, -0.2) is 19.1 Å². The van der Waals surface area contributed by atoms with E-state index >= 15 is 0 Å². The zero-order valence-electron chi connectivity index (χ0n) is 31.7. The molecule has 59 heavy (non-hydrogen) atoms. The Hall–Kier alpha value is -8.02. The van der Waals surface area contributed by atoms with Crippen molar-refractivity contribution in [1.29, 1.82) is 0 Å². The molecule has 13 aromatic rings. The van der Waals surface area contributed by atoms with Crippen molar-refractivity contribution in [1.82, 2.24) is 19.1 Å². The Bertz CT molecular complexity index is 3830. The highest BCUT2D eigenvalue weighted by Gasteiger charge is 2.26. The quantitative estimate of drug-likeness (QED) is 0.180. The molecule has 0 aliphatic carbocycles. The molecule has 0 spiro atoms. The Morgan fingerprint density at radius 2 is 1.05 bits per heavy atom. The molecule has 5 nitrogen and oxygen atoms in total. The number of rotatable bonds is 4. The lowest BCUT2D eigenvalue weighted by Crippen LogP contribution is -2.05. The minimum absolute atomic E-state index is 0.612. The molecule has 0 amide bonds. The Labute approximate surface area is 337 Å². The van der Waals surface area contributed by atoms with E-state index in [1.807, 2.05) is 6.07 Å². The van der Waals surface area contributed by atoms with Crippen molar-refractivity contribution in [3.8, 4) is 34.0 Å². The molecule has 0 atom stereocenters. The van der Waals surface area contributed by atoms with Gasteiger partial charge < -0.3 is 8.98 Å². The summed E-state index contributed by atoms with van der Waals surface area (Å²) < 4.78 is 11.3. The maximum atomic E-state index is 6.52. The molecular weight excluding hydrogens is 721 g/mol. The summed E-state index contributed by atoms with van der Waals surface area (Å²) in [6.45, 7) is 0. The van der Waals surface area contributed by atoms with Crippen LogP contribution in [0.5, 0.6) is 0 Å². The molecule has 0 radical (unpaired) electrons. The van der Waals surface area contributed by atoms with E-state index in [0.717, 1.165) is 93.6 Å². The second-order valence-electron chi connectivity index (χ2n) is 15.3. The Balaban J connectivity index is 1.19. The van der Waals surface area contributed by atoms with E-state index in [4.69, 9.17) is 14.4 Å². The molecule has 13 rings (SSSR count). The highest BCUT2D eigenvalue weighted by molar-refractivity contribution is 6.31. The van der Waals surface area contributed by atoms with Crippen molar-refractivity contribution >= 4 is 87.2 Å². The third-order valence-corrected chi connectivity index (χ3v) is 12.1. The number of benzene rings is 9. The van der Waals surface area contributed by atoms with Crippen LogP contribution in [0.15, 0.2) is 199 Å². The van der Waals surface area contributed by atoms with E-state index in [9.17, 15) is 0 Å². The van der Waals surface area contributed by atoms with Gasteiger partial charge in [0.15, 0.2) is 0 Å². The van der Waals surface area contributed by atoms with E-state index < -0.39 is 0 Å². The fourth-order valence-corrected chi connectivity index (χ4v) is 9.48. The van der Waals surface area contributed by atoms with E-state index in [2.05, 4.69) is 197 Å². The van der Waals surface area contributed by atoms with Crippen LogP contribution in [0.4, 0.5) is 0 Å². The molecule has 9 aromatic carbocycles. The number of nitrogens with zero attached hydrogens (tertiary/aromatic N) is 4. The Kier molecular flexibility index (Phi) is 6.66. The summed E-state index contributed by atoms with van der Waals surface area (Å²) in [6.07, 6.45) is 0. The average molecular weight is 753 g/mol. The van der Waals surface area contributed by atoms with Gasteiger partial charge in [-0.05, 0) is 64.4 Å². The zero-order valence-corrected chi connectivity index (χ0v) is 31.7. The maximum absolute atomic E-state index is 6.52. The van der Waals surface area contributed by atoms with Gasteiger partial charge in [0.25, 0.3) is 0 Å². The largest absolute Gasteiger partial charge is 0.456 e. The van der Waals surface area contributed by atoms with Crippen molar-refractivity contribution in [3.05, 3.63) is 194 Å². The fraction of sp³-hybridized carbons (Fsp3) is 0. The number of fused-ring (bicyclic) bond motifs is 13. The fourth-order valence-electron chi connectivity index (χ4n) is 9.48. The van der Waals surface area contributed by atoms with E-state index in [-0.39, 0.29) is 0 Å². The van der Waals surface area contributed by atoms with Gasteiger partial charge in [-0.2, -0.15) is 0 Å². The van der Waals surface area contributed by atoms with Crippen molar-refractivity contribution < 1.29 is 4.42 Å². The molecule has 4 aromatic heterocycles. The lowest BCUT2D eigenvalue weighted by atomic mass is 10.0. The predicted octanol–water partition coefficient (Wildman–Crippen LogP) is 14.2. The Morgan fingerprint density at radius 1 is 0.373 bits per heavy atom. The van der Waals surface area contributed by atoms with Crippen LogP contribution in [0.2, 0.25) is 0 Å². The van der Waals surface area contributed by atoms with Gasteiger partial charge in [0, 0.05) is 49.0 Å². The topological polar surface area (TPSA) is 48.8 Å². The van der Waals surface area contributed by atoms with Crippen LogP contribution in [0.25, 0.3) is 121 Å². The smallest absolute Gasteiger partial charge is 0.235 e. The summed E-state index contributed by atoms with van der Waals surface area (Å²) in [5, 5.41) is 10.2. The van der Waals surface area contributed by atoms with Crippen molar-refractivity contribution in [2.24, 2.45) is 0 Å². The number of furan rings is 1. The van der Waals surface area contributed by atoms with Gasteiger partial charge in [0.2, 0.25) is 5.95 Å². The second kappa shape index (κ2) is 12.2. The summed E-state index contributed by atoms with van der Waals surface area (Å²) in [5.41, 5.74) is 12.3. The van der Waals surface area contributed by atoms with Gasteiger partial charge in [-0.1, -0.05) is 152 Å². The van der Waals surface area contributed by atoms with Gasteiger partial charge >= 0.3 is 0 Å². The Morgan fingerprint density at radius 3 is 1.93 bits per heavy atom. The van der Waals surface area contributed by atoms with Crippen LogP contribution in [0.1, 0.15) is 0 Å². The highest BCUT2D eigenvalue weighted by atomic mass is 16.3. The lowest BCUT2D eigenvalue weighted by Gasteiger charge is -2.14. The number of aromatic nitrogens is 4. The molecule has 5 heteroatoms. The summed E-state index contributed by atoms with van der Waals surface area (Å²) in [6, 6.07) is 68.9. The summed E-state index contributed by atoms with van der Waals surface area (Å²) in [5.74, 6) is 0.612. The maximum Gasteiger partial charge on any atom is 0.235 e. The molecule has 0 saturated carbocycles. The van der Waals surface area contributed by atoms with Crippen LogP contribution in [0.3, 0.4) is 0 Å². The third kappa shape index (κ3) is 4.67. The van der Waals surface area contributed by atoms with Crippen LogP contribution >= 0.6 is 0 Å². The van der Waals surface area contributed by atoms with Crippen molar-refractivity contribution in [3.63, 3.8) is 0 Å². The third-order valence-electron chi connectivity index (χ3n) is 12.1. The monoisotopic (exact) mass is 752 g/mol. The molecule has 274 valence electrons. The first-order valence-electron chi connectivity index (χ1n) is 20.0. The molecular formula is C54H32N4O. The van der Waals surface area contributed by atoms with Gasteiger partial charge in [-0.15, -0.1) is 0 Å². The number of para-hydroxylation sites is 3. The molecule has 0 saturated heterocycles. The molecule has 0 bridgehead atoms. The predicted molar refractivity (Wildman–Crippen MR) is 244 cm³/mol. The summed E-state index contributed by atoms with van der Waals surface area (Å²) in [7, 11) is 0. The van der Waals surface area contributed by atoms with Crippen molar-refractivity contribution in [2.45, 2.75) is 0 Å². The minimum Gasteiger partial charge on any atom is -0.456 e. The van der Waals surface area contributed by atoms with Crippen LogP contribution in [-0.2, 0) is 0 Å². The molecule has 4 heterocycles. The first kappa shape index (κ1) is 32.1. The van der Waals surface area contributed by atoms with Gasteiger partial charge in [0.05, 0.1) is 33.3 Å². The van der Waals surface area contributed by atoms with E-state index in [0.29, 0.717) is 5.95 Å². The SMILES string of the molecule is c1ccc(-c2ccc(-c3nc(-n4c5ccc6oc7ccccc7c6c5c5ccc6c7ccccc7n(-c7ccc8ccccc8c7)c6c54)nc4ccccc34)cc2)cc1. The number of hydrogen-bond acceptors (Lipinski definition) is 3. The van der Waals surface area contributed by atoms with Crippen LogP contribution in [0, 0.1) is 0 Å². The molecule has 0 N–H and O–H groups in total. The number of hydrogen-bond donors (Lipinski definition) is 0. The standard InChI is InChI=1S/C54H32N4O/c1-2-12-33(13-3-1)35-22-24-36(25-23-35)51-41-17-6-9-19-44(41)55-54(56-51)58-46-30-31-48-50(42-18-8-11-21-47(42)59-48)49(46)43-29-28-40-39-16-7-10-20-45(39)57(52(40)53(43)58)38-27-26-34-14-4-5-15-37(34)32-38/h1-32H. The first-order chi connectivity index (χ1) is 29.3. The lowest BCUT2D eigenvalue weighted by molar-refractivity contribution is 0.669. The molecule has 0 unspecified atom stereocenters. The molecule has 0 fully saturated rings. The van der Waals surface area contributed by atoms with Crippen LogP contribution < -0.4 is 0 Å². The summed E-state index contributed by atoms with van der Waals surface area (Å²) in [4.78, 5) is 11.0. The van der Waals surface area contributed by atoms with Gasteiger partial charge in [-0.3, -0.25) is 4.57 Å².